The molecule has 2 N–H and O–H groups in total. The second kappa shape index (κ2) is 9.93. The number of aliphatic carboxylic acids is 1. The molecule has 24 heavy (non-hydrogen) atoms. The van der Waals surface area contributed by atoms with Crippen LogP contribution in [0, 0.1) is 0 Å². The van der Waals surface area contributed by atoms with Crippen LogP contribution in [-0.2, 0) is 20.9 Å². The van der Waals surface area contributed by atoms with E-state index in [1.54, 1.807) is 20.8 Å². The third kappa shape index (κ3) is 9.15. The molecule has 6 heteroatoms. The zero-order valence-corrected chi connectivity index (χ0v) is 14.6. The van der Waals surface area contributed by atoms with Gasteiger partial charge in [-0.15, -0.1) is 0 Å². The highest BCUT2D eigenvalue weighted by Crippen LogP contribution is 2.09. The van der Waals surface area contributed by atoms with Crippen LogP contribution in [0.4, 0.5) is 4.79 Å². The van der Waals surface area contributed by atoms with Gasteiger partial charge in [0, 0.05) is 6.61 Å². The highest BCUT2D eigenvalue weighted by atomic mass is 16.6. The molecular weight excluding hydrogens is 310 g/mol. The fraction of sp³-hybridized carbons (Fsp3) is 0.556. The predicted molar refractivity (Wildman–Crippen MR) is 90.7 cm³/mol. The maximum atomic E-state index is 11.6. The lowest BCUT2D eigenvalue weighted by Gasteiger charge is -2.22. The average Bonchev–Trinajstić information content (AvgIpc) is 2.48. The van der Waals surface area contributed by atoms with Gasteiger partial charge in [-0.05, 0) is 45.6 Å². The summed E-state index contributed by atoms with van der Waals surface area (Å²) < 4.78 is 10.6. The smallest absolute Gasteiger partial charge is 0.408 e. The van der Waals surface area contributed by atoms with Crippen molar-refractivity contribution in [2.24, 2.45) is 0 Å². The lowest BCUT2D eigenvalue weighted by molar-refractivity contribution is -0.139. The van der Waals surface area contributed by atoms with Crippen LogP contribution in [0.5, 0.6) is 0 Å². The lowest BCUT2D eigenvalue weighted by atomic mass is 10.1. The summed E-state index contributed by atoms with van der Waals surface area (Å²) in [4.78, 5) is 22.8. The first-order valence-corrected chi connectivity index (χ1v) is 8.12. The number of alkyl carbamates (subject to hydrolysis) is 1. The van der Waals surface area contributed by atoms with Gasteiger partial charge in [-0.25, -0.2) is 9.59 Å². The monoisotopic (exact) mass is 337 g/mol. The zero-order chi connectivity index (χ0) is 18.0. The van der Waals surface area contributed by atoms with Crippen molar-refractivity contribution in [1.29, 1.82) is 0 Å². The van der Waals surface area contributed by atoms with E-state index in [-0.39, 0.29) is 0 Å². The van der Waals surface area contributed by atoms with E-state index < -0.39 is 23.7 Å². The predicted octanol–water partition coefficient (Wildman–Crippen LogP) is 3.35. The summed E-state index contributed by atoms with van der Waals surface area (Å²) in [6.45, 7) is 6.28. The molecule has 0 bridgehead atoms. The van der Waals surface area contributed by atoms with Crippen molar-refractivity contribution >= 4 is 12.1 Å². The minimum atomic E-state index is -1.06. The van der Waals surface area contributed by atoms with Crippen molar-refractivity contribution in [1.82, 2.24) is 5.32 Å². The van der Waals surface area contributed by atoms with E-state index in [1.165, 1.54) is 0 Å². The number of nitrogens with one attached hydrogen (secondary N) is 1. The molecule has 0 aliphatic carbocycles. The Hall–Kier alpha value is -2.08. The van der Waals surface area contributed by atoms with E-state index >= 15 is 0 Å². The number of amides is 1. The van der Waals surface area contributed by atoms with Crippen LogP contribution in [0.2, 0.25) is 0 Å². The largest absolute Gasteiger partial charge is 0.480 e. The third-order valence-corrected chi connectivity index (χ3v) is 3.13. The second-order valence-electron chi connectivity index (χ2n) is 6.57. The highest BCUT2D eigenvalue weighted by Gasteiger charge is 2.23. The Balaban J connectivity index is 2.22. The van der Waals surface area contributed by atoms with Gasteiger partial charge in [-0.1, -0.05) is 30.3 Å². The molecule has 0 saturated carbocycles. The molecule has 0 saturated heterocycles. The van der Waals surface area contributed by atoms with Crippen LogP contribution in [-0.4, -0.2) is 35.4 Å². The molecule has 0 aromatic heterocycles. The first-order chi connectivity index (χ1) is 11.3. The summed E-state index contributed by atoms with van der Waals surface area (Å²) >= 11 is 0. The summed E-state index contributed by atoms with van der Waals surface area (Å²) in [6, 6.07) is 8.90. The molecule has 1 atom stereocenters. The Morgan fingerprint density at radius 1 is 1.17 bits per heavy atom. The van der Waals surface area contributed by atoms with Gasteiger partial charge in [0.2, 0.25) is 0 Å². The van der Waals surface area contributed by atoms with Gasteiger partial charge in [-0.3, -0.25) is 0 Å². The van der Waals surface area contributed by atoms with Crippen LogP contribution in [0.25, 0.3) is 0 Å². The molecular formula is C18H27NO5. The van der Waals surface area contributed by atoms with Crippen molar-refractivity contribution in [3.05, 3.63) is 35.9 Å². The van der Waals surface area contributed by atoms with Crippen LogP contribution in [0.1, 0.15) is 45.6 Å². The molecule has 0 aliphatic rings. The van der Waals surface area contributed by atoms with Crippen LogP contribution < -0.4 is 5.32 Å². The van der Waals surface area contributed by atoms with E-state index in [4.69, 9.17) is 9.47 Å². The number of rotatable bonds is 9. The van der Waals surface area contributed by atoms with Crippen molar-refractivity contribution in [3.8, 4) is 0 Å². The van der Waals surface area contributed by atoms with Crippen LogP contribution in [0.15, 0.2) is 30.3 Å². The Bertz CT molecular complexity index is 510. The third-order valence-electron chi connectivity index (χ3n) is 3.13. The SMILES string of the molecule is CC(C)(C)OC(=O)NC(CCCCOCc1ccccc1)C(=O)O. The zero-order valence-electron chi connectivity index (χ0n) is 14.6. The van der Waals surface area contributed by atoms with Gasteiger partial charge in [0.25, 0.3) is 0 Å². The summed E-state index contributed by atoms with van der Waals surface area (Å²) in [6.07, 6.45) is 0.993. The molecule has 6 nitrogen and oxygen atoms in total. The molecule has 0 spiro atoms. The van der Waals surface area contributed by atoms with Crippen molar-refractivity contribution in [2.45, 2.75) is 58.3 Å². The summed E-state index contributed by atoms with van der Waals surface area (Å²) in [5.74, 6) is -1.06. The van der Waals surface area contributed by atoms with Gasteiger partial charge >= 0.3 is 12.1 Å². The standard InChI is InChI=1S/C18H27NO5/c1-18(2,3)24-17(22)19-15(16(20)21)11-7-8-12-23-13-14-9-5-4-6-10-14/h4-6,9-10,15H,7-8,11-13H2,1-3H3,(H,19,22)(H,20,21). The molecule has 1 aromatic carbocycles. The summed E-state index contributed by atoms with van der Waals surface area (Å²) in [5.41, 5.74) is 0.450. The average molecular weight is 337 g/mol. The Labute approximate surface area is 143 Å². The molecule has 0 fully saturated rings. The normalized spacial score (nSPS) is 12.5. The fourth-order valence-electron chi connectivity index (χ4n) is 2.02. The van der Waals surface area contributed by atoms with Crippen LogP contribution in [0.3, 0.4) is 0 Å². The first-order valence-electron chi connectivity index (χ1n) is 8.12. The van der Waals surface area contributed by atoms with Gasteiger partial charge in [0.05, 0.1) is 6.61 Å². The van der Waals surface area contributed by atoms with E-state index in [1.807, 2.05) is 30.3 Å². The van der Waals surface area contributed by atoms with Crippen LogP contribution >= 0.6 is 0 Å². The molecule has 0 heterocycles. The number of ether oxygens (including phenoxy) is 2. The number of carbonyl (C=O) groups is 2. The number of carboxylic acid groups (broad SMARTS) is 1. The Kier molecular flexibility index (Phi) is 8.26. The van der Waals surface area contributed by atoms with E-state index in [0.717, 1.165) is 12.0 Å². The number of unbranched alkanes of at least 4 members (excludes halogenated alkanes) is 1. The molecule has 1 amide bonds. The highest BCUT2D eigenvalue weighted by molar-refractivity contribution is 5.79. The first kappa shape index (κ1) is 20.0. The Morgan fingerprint density at radius 2 is 1.83 bits per heavy atom. The van der Waals surface area contributed by atoms with Gasteiger partial charge in [-0.2, -0.15) is 0 Å². The maximum Gasteiger partial charge on any atom is 0.408 e. The minimum Gasteiger partial charge on any atom is -0.480 e. The topological polar surface area (TPSA) is 84.9 Å². The number of hydrogen-bond acceptors (Lipinski definition) is 4. The maximum absolute atomic E-state index is 11.6. The van der Waals surface area contributed by atoms with Crippen molar-refractivity contribution in [3.63, 3.8) is 0 Å². The van der Waals surface area contributed by atoms with Crippen molar-refractivity contribution in [2.75, 3.05) is 6.61 Å². The molecule has 134 valence electrons. The Morgan fingerprint density at radius 3 is 2.42 bits per heavy atom. The summed E-state index contributed by atoms with van der Waals surface area (Å²) in [5, 5.41) is 11.6. The number of benzene rings is 1. The number of hydrogen-bond donors (Lipinski definition) is 2. The van der Waals surface area contributed by atoms with Gasteiger partial charge in [0.15, 0.2) is 0 Å². The van der Waals surface area contributed by atoms with E-state index in [2.05, 4.69) is 5.32 Å². The molecule has 1 rings (SSSR count). The fourth-order valence-corrected chi connectivity index (χ4v) is 2.02. The second-order valence-corrected chi connectivity index (χ2v) is 6.57. The molecule has 1 unspecified atom stereocenters. The minimum absolute atomic E-state index is 0.337. The molecule has 0 radical (unpaired) electrons. The van der Waals surface area contributed by atoms with E-state index in [9.17, 15) is 14.7 Å². The molecule has 0 aliphatic heterocycles. The van der Waals surface area contributed by atoms with Gasteiger partial charge in [0.1, 0.15) is 11.6 Å². The van der Waals surface area contributed by atoms with Crippen molar-refractivity contribution < 1.29 is 24.2 Å². The number of carbonyl (C=O) groups excluding carboxylic acids is 1. The van der Waals surface area contributed by atoms with E-state index in [0.29, 0.717) is 26.1 Å². The molecule has 1 aromatic rings. The quantitative estimate of drug-likeness (QED) is 0.675. The lowest BCUT2D eigenvalue weighted by Crippen LogP contribution is -2.43. The number of carboxylic acids is 1. The van der Waals surface area contributed by atoms with Gasteiger partial charge < -0.3 is 19.9 Å². The summed E-state index contributed by atoms with van der Waals surface area (Å²) in [7, 11) is 0.